The number of nitriles is 1. The van der Waals surface area contributed by atoms with Crippen LogP contribution in [0.25, 0.3) is 11.0 Å². The van der Waals surface area contributed by atoms with Gasteiger partial charge in [-0.05, 0) is 31.0 Å². The highest BCUT2D eigenvalue weighted by atomic mass is 32.1. The number of hydrogen-bond acceptors (Lipinski definition) is 7. The molecular formula is C21H18N4O4S. The minimum atomic E-state index is -0.602. The van der Waals surface area contributed by atoms with Crippen molar-refractivity contribution >= 4 is 39.3 Å². The molecule has 0 atom stereocenters. The summed E-state index contributed by atoms with van der Waals surface area (Å²) >= 11 is 1.26. The lowest BCUT2D eigenvalue weighted by atomic mass is 10.0. The maximum atomic E-state index is 12.2. The monoisotopic (exact) mass is 422 g/mol. The summed E-state index contributed by atoms with van der Waals surface area (Å²) in [5.74, 6) is -0.602. The summed E-state index contributed by atoms with van der Waals surface area (Å²) in [6.45, 7) is 2.78. The normalized spacial score (nSPS) is 13.7. The molecule has 3 heterocycles. The largest absolute Gasteiger partial charge is 0.450 e. The average molecular weight is 422 g/mol. The van der Waals surface area contributed by atoms with Gasteiger partial charge in [-0.3, -0.25) is 4.79 Å². The topological polar surface area (TPSA) is 122 Å². The quantitative estimate of drug-likeness (QED) is 0.694. The maximum absolute atomic E-state index is 12.2. The Morgan fingerprint density at radius 3 is 2.93 bits per heavy atom. The number of ether oxygens (including phenoxy) is 1. The number of rotatable bonds is 3. The van der Waals surface area contributed by atoms with Crippen LogP contribution < -0.4 is 11.3 Å². The molecule has 30 heavy (non-hydrogen) atoms. The van der Waals surface area contributed by atoms with Gasteiger partial charge in [-0.25, -0.2) is 9.79 Å². The highest BCUT2D eigenvalue weighted by Gasteiger charge is 2.29. The highest BCUT2D eigenvalue weighted by molar-refractivity contribution is 7.16. The molecule has 0 saturated heterocycles. The zero-order valence-corrected chi connectivity index (χ0v) is 17.0. The zero-order chi connectivity index (χ0) is 21.3. The van der Waals surface area contributed by atoms with E-state index in [0.717, 1.165) is 15.8 Å². The summed E-state index contributed by atoms with van der Waals surface area (Å²) in [5.41, 5.74) is 7.68. The molecule has 2 aromatic heterocycles. The average Bonchev–Trinajstić information content (AvgIpc) is 3.10. The highest BCUT2D eigenvalue weighted by Crippen LogP contribution is 2.38. The van der Waals surface area contributed by atoms with Crippen molar-refractivity contribution < 1.29 is 18.7 Å². The van der Waals surface area contributed by atoms with Crippen LogP contribution in [-0.2, 0) is 17.7 Å². The number of amides is 2. The molecule has 0 bridgehead atoms. The molecule has 1 aromatic carbocycles. The van der Waals surface area contributed by atoms with Gasteiger partial charge in [0.1, 0.15) is 22.2 Å². The summed E-state index contributed by atoms with van der Waals surface area (Å²) in [6.07, 6.45) is 0.0743. The molecular weight excluding hydrogens is 404 g/mol. The Morgan fingerprint density at radius 1 is 1.40 bits per heavy atom. The Morgan fingerprint density at radius 2 is 2.20 bits per heavy atom. The van der Waals surface area contributed by atoms with Crippen LogP contribution in [0.3, 0.4) is 0 Å². The molecule has 0 saturated carbocycles. The predicted molar refractivity (Wildman–Crippen MR) is 110 cm³/mol. The van der Waals surface area contributed by atoms with Crippen molar-refractivity contribution in [1.29, 1.82) is 5.26 Å². The lowest BCUT2D eigenvalue weighted by Gasteiger charge is -2.26. The van der Waals surface area contributed by atoms with E-state index in [1.807, 2.05) is 18.2 Å². The van der Waals surface area contributed by atoms with Crippen LogP contribution in [0.1, 0.15) is 33.3 Å². The minimum absolute atomic E-state index is 0.111. The summed E-state index contributed by atoms with van der Waals surface area (Å²) in [5, 5.41) is 10.7. The minimum Gasteiger partial charge on any atom is -0.450 e. The van der Waals surface area contributed by atoms with Crippen LogP contribution in [0.15, 0.2) is 39.7 Å². The standard InChI is InChI=1S/C21H18N4O4S/c1-2-28-21(27)25-8-7-14-16(11-25)30-20(17(14)18(23)26)24-19-13(10-22)9-12-5-3-4-6-15(12)29-19/h3-6,9H,2,7-8,11H2,1H3,(H2,23,26)/b24-19-. The van der Waals surface area contributed by atoms with Crippen LogP contribution in [0, 0.1) is 11.3 Å². The van der Waals surface area contributed by atoms with Crippen molar-refractivity contribution in [3.05, 3.63) is 57.5 Å². The van der Waals surface area contributed by atoms with Gasteiger partial charge in [-0.1, -0.05) is 18.2 Å². The third-order valence-electron chi connectivity index (χ3n) is 4.79. The molecule has 0 radical (unpaired) electrons. The summed E-state index contributed by atoms with van der Waals surface area (Å²) in [6, 6.07) is 11.1. The molecule has 0 spiro atoms. The van der Waals surface area contributed by atoms with Crippen LogP contribution >= 0.6 is 11.3 Å². The van der Waals surface area contributed by atoms with Crippen LogP contribution in [0.4, 0.5) is 9.80 Å². The number of fused-ring (bicyclic) bond motifs is 2. The fraction of sp³-hybridized carbons (Fsp3) is 0.238. The first-order valence-corrected chi connectivity index (χ1v) is 10.2. The lowest BCUT2D eigenvalue weighted by Crippen LogP contribution is -2.36. The fourth-order valence-electron chi connectivity index (χ4n) is 3.42. The van der Waals surface area contributed by atoms with Crippen LogP contribution in [0.2, 0.25) is 0 Å². The van der Waals surface area contributed by atoms with Gasteiger partial charge in [0.15, 0.2) is 0 Å². The number of hydrogen-bond donors (Lipinski definition) is 1. The van der Waals surface area contributed by atoms with Gasteiger partial charge in [0.2, 0.25) is 5.55 Å². The Hall–Kier alpha value is -3.64. The molecule has 1 aliphatic heterocycles. The second-order valence-electron chi connectivity index (χ2n) is 6.65. The molecule has 1 aliphatic rings. The SMILES string of the molecule is CCOC(=O)N1CCc2c(sc(/N=c3\oc4ccccc4cc3C#N)c2C(N)=O)C1. The van der Waals surface area contributed by atoms with Crippen molar-refractivity contribution in [2.24, 2.45) is 10.7 Å². The van der Waals surface area contributed by atoms with E-state index < -0.39 is 12.0 Å². The number of nitrogens with zero attached hydrogens (tertiary/aromatic N) is 3. The van der Waals surface area contributed by atoms with E-state index in [-0.39, 0.29) is 11.1 Å². The molecule has 2 N–H and O–H groups in total. The van der Waals surface area contributed by atoms with E-state index in [9.17, 15) is 14.9 Å². The number of nitrogens with two attached hydrogens (primary N) is 1. The van der Waals surface area contributed by atoms with Gasteiger partial charge in [0.25, 0.3) is 5.91 Å². The second-order valence-corrected chi connectivity index (χ2v) is 7.73. The van der Waals surface area contributed by atoms with Gasteiger partial charge < -0.3 is 19.8 Å². The van der Waals surface area contributed by atoms with Gasteiger partial charge in [0.05, 0.1) is 18.7 Å². The smallest absolute Gasteiger partial charge is 0.410 e. The maximum Gasteiger partial charge on any atom is 0.410 e. The molecule has 8 nitrogen and oxygen atoms in total. The first kappa shape index (κ1) is 19.7. The third-order valence-corrected chi connectivity index (χ3v) is 5.90. The molecule has 2 amide bonds. The van der Waals surface area contributed by atoms with Gasteiger partial charge >= 0.3 is 6.09 Å². The molecule has 0 fully saturated rings. The van der Waals surface area contributed by atoms with Gasteiger partial charge in [-0.2, -0.15) is 5.26 Å². The molecule has 9 heteroatoms. The molecule has 3 aromatic rings. The van der Waals surface area contributed by atoms with Crippen molar-refractivity contribution in [2.75, 3.05) is 13.2 Å². The first-order valence-electron chi connectivity index (χ1n) is 9.35. The van der Waals surface area contributed by atoms with Crippen molar-refractivity contribution in [2.45, 2.75) is 19.9 Å². The predicted octanol–water partition coefficient (Wildman–Crippen LogP) is 3.21. The van der Waals surface area contributed by atoms with Crippen molar-refractivity contribution in [3.63, 3.8) is 0 Å². The number of thiophene rings is 1. The van der Waals surface area contributed by atoms with E-state index in [0.29, 0.717) is 42.3 Å². The van der Waals surface area contributed by atoms with Crippen LogP contribution in [-0.4, -0.2) is 30.1 Å². The number of benzene rings is 1. The van der Waals surface area contributed by atoms with E-state index in [2.05, 4.69) is 11.1 Å². The fourth-order valence-corrected chi connectivity index (χ4v) is 4.65. The molecule has 0 aliphatic carbocycles. The summed E-state index contributed by atoms with van der Waals surface area (Å²) in [7, 11) is 0. The van der Waals surface area contributed by atoms with E-state index in [1.165, 1.54) is 11.3 Å². The second kappa shape index (κ2) is 8.00. The van der Waals surface area contributed by atoms with Gasteiger partial charge in [-0.15, -0.1) is 11.3 Å². The third kappa shape index (κ3) is 3.53. The molecule has 152 valence electrons. The summed E-state index contributed by atoms with van der Waals surface area (Å²) < 4.78 is 10.9. The van der Waals surface area contributed by atoms with E-state index >= 15 is 0 Å². The van der Waals surface area contributed by atoms with Gasteiger partial charge in [0, 0.05) is 16.8 Å². The zero-order valence-electron chi connectivity index (χ0n) is 16.2. The number of primary amides is 1. The van der Waals surface area contributed by atoms with Crippen LogP contribution in [0.5, 0.6) is 0 Å². The Balaban J connectivity index is 1.83. The van der Waals surface area contributed by atoms with E-state index in [1.54, 1.807) is 24.0 Å². The number of carbonyl (C=O) groups is 2. The van der Waals surface area contributed by atoms with Crippen molar-refractivity contribution in [1.82, 2.24) is 4.90 Å². The molecule has 0 unspecified atom stereocenters. The Labute approximate surface area is 175 Å². The Bertz CT molecular complexity index is 1270. The van der Waals surface area contributed by atoms with E-state index in [4.69, 9.17) is 14.9 Å². The lowest BCUT2D eigenvalue weighted by molar-refractivity contribution is 0.0997. The summed E-state index contributed by atoms with van der Waals surface area (Å²) in [4.78, 5) is 31.2. The number of carbonyl (C=O) groups excluding carboxylic acids is 2. The Kier molecular flexibility index (Phi) is 5.25. The first-order chi connectivity index (χ1) is 14.5. The molecule has 4 rings (SSSR count). The number of para-hydroxylation sites is 1. The van der Waals surface area contributed by atoms with Crippen molar-refractivity contribution in [3.8, 4) is 6.07 Å².